The van der Waals surface area contributed by atoms with Crippen molar-refractivity contribution in [2.45, 2.75) is 130 Å². The molecule has 0 aliphatic heterocycles. The first-order valence-corrected chi connectivity index (χ1v) is 35.7. The first-order valence-electron chi connectivity index (χ1n) is 33.3. The van der Waals surface area contributed by atoms with E-state index in [1.54, 1.807) is 13.8 Å². The number of halogens is 3. The molecule has 0 saturated carbocycles. The molecule has 106 heavy (non-hydrogen) atoms. The molecule has 0 unspecified atom stereocenters. The van der Waals surface area contributed by atoms with Crippen LogP contribution >= 0.6 is 47.8 Å². The third kappa shape index (κ3) is 25.2. The van der Waals surface area contributed by atoms with E-state index in [0.717, 1.165) is 63.5 Å². The third-order valence-corrected chi connectivity index (χ3v) is 17.7. The van der Waals surface area contributed by atoms with Crippen LogP contribution in [0.25, 0.3) is 67.4 Å². The molecule has 0 radical (unpaired) electrons. The number of fused-ring (bicyclic) bond motifs is 2. The van der Waals surface area contributed by atoms with Crippen molar-refractivity contribution < 1.29 is 59.0 Å². The Bertz CT molecular complexity index is 4990. The molecular weight excluding hydrogens is 1550 g/mol. The van der Waals surface area contributed by atoms with Gasteiger partial charge in [-0.2, -0.15) is 10.4 Å². The van der Waals surface area contributed by atoms with Gasteiger partial charge in [0.1, 0.15) is 23.1 Å². The molecular formula is C79H85Br3N10O14. The molecule has 0 aliphatic rings. The van der Waals surface area contributed by atoms with Crippen LogP contribution in [0.15, 0.2) is 198 Å². The summed E-state index contributed by atoms with van der Waals surface area (Å²) in [6.45, 7) is 23.5. The fraction of sp³-hybridized carbons (Fsp3) is 0.278. The van der Waals surface area contributed by atoms with Crippen LogP contribution in [0.4, 0.5) is 0 Å². The van der Waals surface area contributed by atoms with Crippen molar-refractivity contribution in [3.05, 3.63) is 232 Å². The molecule has 9 N–H and O–H groups in total. The molecule has 27 heteroatoms. The van der Waals surface area contributed by atoms with Gasteiger partial charge in [0.2, 0.25) is 11.3 Å². The lowest BCUT2D eigenvalue weighted by Crippen LogP contribution is -2.21. The number of benzene rings is 7. The molecule has 0 atom stereocenters. The van der Waals surface area contributed by atoms with E-state index in [4.69, 9.17) is 29.9 Å². The van der Waals surface area contributed by atoms with E-state index in [1.807, 2.05) is 233 Å². The minimum Gasteiger partial charge on any atom is -0.493 e. The number of carboxylic acid groups (broad SMARTS) is 5. The van der Waals surface area contributed by atoms with Crippen LogP contribution in [-0.2, 0) is 45.6 Å². The predicted octanol–water partition coefficient (Wildman–Crippen LogP) is 16.9. The number of carboxylic acids is 5. The van der Waals surface area contributed by atoms with Gasteiger partial charge in [0, 0.05) is 41.2 Å². The summed E-state index contributed by atoms with van der Waals surface area (Å²) >= 11 is 10.0. The summed E-state index contributed by atoms with van der Waals surface area (Å²) in [5.41, 5.74) is 8.10. The Labute approximate surface area is 637 Å². The minimum atomic E-state index is -0.875. The van der Waals surface area contributed by atoms with Crippen LogP contribution in [0.2, 0.25) is 0 Å². The lowest BCUT2D eigenvalue weighted by atomic mass is 9.80. The smallest absolute Gasteiger partial charge is 0.328 e. The molecule has 7 aromatic carbocycles. The van der Waals surface area contributed by atoms with E-state index in [2.05, 4.69) is 98.5 Å². The van der Waals surface area contributed by atoms with E-state index in [9.17, 15) is 38.7 Å². The fourth-order valence-corrected chi connectivity index (χ4v) is 11.7. The Balaban J connectivity index is 0.000000219. The van der Waals surface area contributed by atoms with Crippen molar-refractivity contribution in [2.75, 3.05) is 13.2 Å². The highest BCUT2D eigenvalue weighted by Crippen LogP contribution is 2.38. The van der Waals surface area contributed by atoms with Gasteiger partial charge in [0.25, 0.3) is 11.1 Å². The predicted molar refractivity (Wildman–Crippen MR) is 419 cm³/mol. The number of hydrogen-bond acceptors (Lipinski definition) is 15. The zero-order valence-electron chi connectivity index (χ0n) is 60.6. The number of H-pyrrole nitrogens is 4. The van der Waals surface area contributed by atoms with Crippen LogP contribution < -0.4 is 20.6 Å². The van der Waals surface area contributed by atoms with Gasteiger partial charge in [-0.15, -0.1) is 20.4 Å². The molecule has 0 amide bonds. The summed E-state index contributed by atoms with van der Waals surface area (Å²) in [5.74, 6) is -2.26. The molecule has 0 aliphatic carbocycles. The monoisotopic (exact) mass is 1630 g/mol. The highest BCUT2D eigenvalue weighted by Gasteiger charge is 2.28. The maximum absolute atomic E-state index is 12.3. The quantitative estimate of drug-likeness (QED) is 0.0302. The summed E-state index contributed by atoms with van der Waals surface area (Å²) in [4.78, 5) is 92.3. The van der Waals surface area contributed by atoms with Gasteiger partial charge in [-0.05, 0) is 133 Å². The summed E-state index contributed by atoms with van der Waals surface area (Å²) < 4.78 is 14.8. The van der Waals surface area contributed by atoms with Gasteiger partial charge in [-0.3, -0.25) is 28.8 Å². The largest absolute Gasteiger partial charge is 0.493 e. The number of nitrogens with one attached hydrogen (secondary N) is 4. The van der Waals surface area contributed by atoms with Gasteiger partial charge in [-0.1, -0.05) is 212 Å². The number of carbonyl (C=O) groups is 5. The van der Waals surface area contributed by atoms with Crippen molar-refractivity contribution in [3.8, 4) is 56.5 Å². The molecule has 11 aromatic rings. The Kier molecular flexibility index (Phi) is 30.4. The average Bonchev–Trinajstić information content (AvgIpc) is 1.61. The molecule has 11 rings (SSSR count). The first kappa shape index (κ1) is 84.2. The van der Waals surface area contributed by atoms with Crippen molar-refractivity contribution in [1.29, 1.82) is 0 Å². The van der Waals surface area contributed by atoms with Crippen LogP contribution in [0.5, 0.6) is 11.5 Å². The number of hydrogen-bond donors (Lipinski definition) is 9. The standard InChI is InChI=1S/2C23H23N5O4.2C11H13BrO2.C6H5Br.C5H8O2/c1-4-32-17-11-14(13-5-8-15(9-6-13)23(2,3)12-18(29)30)7-10-16(17)20-24-21-19(22(31)25-20)26-28-27-21;1-4-32-17-11-14(13-6-5-7-15(10-13)23(2,3)12-18(29)30)8-9-16(17)20-24-21-19(22(31)25-20)26-28-27-21;1-11(2,7-10(13)14)8-3-5-9(12)6-4-8;1-11(2,7-10(13)14)8-4-3-5-9(12)6-8;7-6-4-2-1-3-5-6;1-4(2)3-5(6)7/h2*5-11H,4,12H2,1-3H3,(H,29,30)(H2,24,25,26,27,28,31);2*3-6H,7H2,1-2H3,(H,13,14);1-5H;3H,1-2H3,(H,6,7). The normalized spacial score (nSPS) is 11.1. The second-order valence-corrected chi connectivity index (χ2v) is 29.7. The van der Waals surface area contributed by atoms with Gasteiger partial charge < -0.3 is 45.0 Å². The molecule has 556 valence electrons. The molecule has 0 spiro atoms. The minimum absolute atomic E-state index is 0.0309. The zero-order chi connectivity index (χ0) is 78.3. The number of aliphatic carboxylic acids is 5. The zero-order valence-corrected chi connectivity index (χ0v) is 65.4. The third-order valence-electron chi connectivity index (χ3n) is 16.2. The van der Waals surface area contributed by atoms with Crippen LogP contribution in [0, 0.1) is 0 Å². The highest BCUT2D eigenvalue weighted by atomic mass is 79.9. The molecule has 0 bridgehead atoms. The van der Waals surface area contributed by atoms with E-state index in [-0.39, 0.29) is 64.4 Å². The maximum atomic E-state index is 12.3. The first-order chi connectivity index (χ1) is 49.9. The number of aromatic amines is 4. The highest BCUT2D eigenvalue weighted by molar-refractivity contribution is 9.11. The Morgan fingerprint density at radius 1 is 0.415 bits per heavy atom. The van der Waals surface area contributed by atoms with Crippen LogP contribution in [0.3, 0.4) is 0 Å². The number of ether oxygens (including phenoxy) is 2. The van der Waals surface area contributed by atoms with Gasteiger partial charge in [0.05, 0.1) is 50.0 Å². The summed E-state index contributed by atoms with van der Waals surface area (Å²) in [7, 11) is 0. The van der Waals surface area contributed by atoms with Crippen molar-refractivity contribution in [2.24, 2.45) is 0 Å². The number of aromatic nitrogens is 10. The van der Waals surface area contributed by atoms with Crippen molar-refractivity contribution in [3.63, 3.8) is 0 Å². The SMILES string of the molecule is Brc1ccccc1.CC(C)(CC(=O)O)c1ccc(Br)cc1.CC(C)(CC(=O)O)c1cccc(Br)c1.CC(C)=CC(=O)O.CCOc1cc(-c2ccc(C(C)(C)CC(=O)O)cc2)ccc1-c1nc2n[nH]nc2c(=O)[nH]1.CCOc1cc(-c2cccc(C(C)(C)CC(=O)O)c2)ccc1-c1nc2n[nH]nc2c(=O)[nH]1. The summed E-state index contributed by atoms with van der Waals surface area (Å²) in [6.07, 6.45) is 1.54. The van der Waals surface area contributed by atoms with Crippen molar-refractivity contribution in [1.82, 2.24) is 50.8 Å². The molecule has 0 fully saturated rings. The van der Waals surface area contributed by atoms with Crippen LogP contribution in [0.1, 0.15) is 131 Å². The van der Waals surface area contributed by atoms with E-state index in [1.165, 1.54) is 6.08 Å². The topological polar surface area (TPSA) is 380 Å². The van der Waals surface area contributed by atoms with E-state index in [0.29, 0.717) is 47.5 Å². The molecule has 4 heterocycles. The summed E-state index contributed by atoms with van der Waals surface area (Å²) in [6, 6.07) is 52.4. The van der Waals surface area contributed by atoms with Crippen molar-refractivity contribution >= 4 is 100.0 Å². The lowest BCUT2D eigenvalue weighted by molar-refractivity contribution is -0.139. The Morgan fingerprint density at radius 3 is 1.14 bits per heavy atom. The second kappa shape index (κ2) is 38.3. The lowest BCUT2D eigenvalue weighted by Gasteiger charge is -2.24. The van der Waals surface area contributed by atoms with Gasteiger partial charge >= 0.3 is 29.8 Å². The van der Waals surface area contributed by atoms with Gasteiger partial charge in [0.15, 0.2) is 11.0 Å². The molecule has 0 saturated heterocycles. The van der Waals surface area contributed by atoms with E-state index >= 15 is 0 Å². The van der Waals surface area contributed by atoms with Crippen LogP contribution in [-0.4, -0.2) is 119 Å². The molecule has 24 nitrogen and oxygen atoms in total. The maximum Gasteiger partial charge on any atom is 0.328 e. The van der Waals surface area contributed by atoms with E-state index < -0.39 is 46.2 Å². The number of nitrogens with zero attached hydrogens (tertiary/aromatic N) is 6. The Morgan fingerprint density at radius 2 is 0.774 bits per heavy atom. The average molecular weight is 1640 g/mol. The molecule has 4 aromatic heterocycles. The fourth-order valence-electron chi connectivity index (χ4n) is 10.7. The Hall–Kier alpha value is -10.8. The number of rotatable bonds is 21. The number of allylic oxidation sites excluding steroid dienone is 1. The second-order valence-electron chi connectivity index (χ2n) is 27.0. The van der Waals surface area contributed by atoms with Gasteiger partial charge in [-0.25, -0.2) is 14.8 Å². The summed E-state index contributed by atoms with van der Waals surface area (Å²) in [5, 5.41) is 64.2.